The maximum absolute atomic E-state index is 12.3. The maximum Gasteiger partial charge on any atom is 0.307 e. The Balaban J connectivity index is 2.64. The molecule has 18 heavy (non-hydrogen) atoms. The second-order valence-electron chi connectivity index (χ2n) is 4.78. The number of ether oxygens (including phenoxy) is 1. The molecule has 2 atom stereocenters. The third-order valence-corrected chi connectivity index (χ3v) is 3.63. The summed E-state index contributed by atoms with van der Waals surface area (Å²) in [5.41, 5.74) is 0. The lowest BCUT2D eigenvalue weighted by Crippen LogP contribution is -2.43. The Morgan fingerprint density at radius 3 is 2.33 bits per heavy atom. The van der Waals surface area contributed by atoms with Gasteiger partial charge in [-0.15, -0.1) is 0 Å². The zero-order valence-electron chi connectivity index (χ0n) is 11.4. The first kappa shape index (κ1) is 15.0. The van der Waals surface area contributed by atoms with Gasteiger partial charge in [0.15, 0.2) is 0 Å². The van der Waals surface area contributed by atoms with E-state index in [0.29, 0.717) is 19.6 Å². The molecule has 1 fully saturated rings. The third kappa shape index (κ3) is 3.45. The highest BCUT2D eigenvalue weighted by atomic mass is 16.5. The topological polar surface area (TPSA) is 66.8 Å². The highest BCUT2D eigenvalue weighted by Crippen LogP contribution is 2.40. The van der Waals surface area contributed by atoms with E-state index in [1.165, 1.54) is 0 Å². The number of nitrogens with zero attached hydrogens (tertiary/aromatic N) is 1. The Bertz CT molecular complexity index is 301. The number of amides is 1. The molecule has 0 unspecified atom stereocenters. The fourth-order valence-corrected chi connectivity index (χ4v) is 2.35. The molecule has 5 nitrogen and oxygen atoms in total. The Morgan fingerprint density at radius 1 is 1.33 bits per heavy atom. The van der Waals surface area contributed by atoms with Crippen LogP contribution < -0.4 is 0 Å². The van der Waals surface area contributed by atoms with E-state index in [4.69, 9.17) is 9.84 Å². The van der Waals surface area contributed by atoms with Crippen molar-refractivity contribution in [2.75, 3.05) is 20.3 Å². The number of carbonyl (C=O) groups excluding carboxylic acids is 1. The summed E-state index contributed by atoms with van der Waals surface area (Å²) in [5.74, 6) is -1.67. The minimum atomic E-state index is -0.857. The Hall–Kier alpha value is -1.10. The van der Waals surface area contributed by atoms with Crippen LogP contribution in [0.25, 0.3) is 0 Å². The van der Waals surface area contributed by atoms with Crippen molar-refractivity contribution in [2.45, 2.75) is 39.2 Å². The lowest BCUT2D eigenvalue weighted by atomic mass is 10.1. The fourth-order valence-electron chi connectivity index (χ4n) is 2.35. The molecular formula is C13H23NO4. The molecule has 0 aromatic rings. The first-order valence-corrected chi connectivity index (χ1v) is 6.58. The van der Waals surface area contributed by atoms with E-state index in [1.807, 2.05) is 13.8 Å². The van der Waals surface area contributed by atoms with E-state index in [2.05, 4.69) is 0 Å². The highest BCUT2D eigenvalue weighted by Gasteiger charge is 2.50. The number of carboxylic acids is 1. The van der Waals surface area contributed by atoms with Crippen LogP contribution >= 0.6 is 0 Å². The molecule has 1 aliphatic rings. The minimum absolute atomic E-state index is 0.0202. The number of rotatable bonds is 8. The van der Waals surface area contributed by atoms with Gasteiger partial charge in [-0.1, -0.05) is 13.8 Å². The second kappa shape index (κ2) is 6.73. The number of aliphatic carboxylic acids is 1. The Kier molecular flexibility index (Phi) is 5.59. The summed E-state index contributed by atoms with van der Waals surface area (Å²) in [5, 5.41) is 8.89. The first-order chi connectivity index (χ1) is 8.56. The number of hydrogen-bond donors (Lipinski definition) is 1. The average molecular weight is 257 g/mol. The Morgan fingerprint density at radius 2 is 1.94 bits per heavy atom. The standard InChI is InChI=1S/C13H23NO4/c1-4-9(5-2)14(6-7-18-3)12(15)10-8-11(10)13(16)17/h9-11H,4-8H2,1-3H3,(H,16,17)/t10-,11-/m1/s1. The normalized spacial score (nSPS) is 22.0. The molecule has 0 heterocycles. The predicted octanol–water partition coefficient (Wildman–Crippen LogP) is 1.37. The largest absolute Gasteiger partial charge is 0.481 e. The van der Waals surface area contributed by atoms with E-state index in [-0.39, 0.29) is 17.9 Å². The molecule has 0 aromatic carbocycles. The Labute approximate surface area is 108 Å². The van der Waals surface area contributed by atoms with Crippen molar-refractivity contribution in [3.63, 3.8) is 0 Å². The fraction of sp³-hybridized carbons (Fsp3) is 0.846. The molecule has 0 spiro atoms. The van der Waals surface area contributed by atoms with Crippen LogP contribution in [-0.2, 0) is 14.3 Å². The zero-order valence-corrected chi connectivity index (χ0v) is 11.4. The van der Waals surface area contributed by atoms with Crippen LogP contribution in [0, 0.1) is 11.8 Å². The van der Waals surface area contributed by atoms with Crippen molar-refractivity contribution in [1.29, 1.82) is 0 Å². The quantitative estimate of drug-likeness (QED) is 0.713. The van der Waals surface area contributed by atoms with Crippen LogP contribution in [0.1, 0.15) is 33.1 Å². The predicted molar refractivity (Wildman–Crippen MR) is 67.2 cm³/mol. The summed E-state index contributed by atoms with van der Waals surface area (Å²) < 4.78 is 5.03. The van der Waals surface area contributed by atoms with Crippen molar-refractivity contribution in [3.05, 3.63) is 0 Å². The second-order valence-corrected chi connectivity index (χ2v) is 4.78. The van der Waals surface area contributed by atoms with Gasteiger partial charge in [0.1, 0.15) is 0 Å². The molecule has 1 aliphatic carbocycles. The van der Waals surface area contributed by atoms with Crippen molar-refractivity contribution >= 4 is 11.9 Å². The SMILES string of the molecule is CCC(CC)N(CCOC)C(=O)[C@@H]1C[C@H]1C(=O)O. The van der Waals surface area contributed by atoms with Gasteiger partial charge in [0.2, 0.25) is 5.91 Å². The lowest BCUT2D eigenvalue weighted by molar-refractivity contribution is -0.143. The molecule has 1 N–H and O–H groups in total. The summed E-state index contributed by atoms with van der Waals surface area (Å²) in [6, 6.07) is 0.183. The van der Waals surface area contributed by atoms with Gasteiger partial charge in [-0.25, -0.2) is 0 Å². The number of hydrogen-bond acceptors (Lipinski definition) is 3. The summed E-state index contributed by atoms with van der Waals surface area (Å²) in [6.45, 7) is 5.13. The molecule has 1 rings (SSSR count). The van der Waals surface area contributed by atoms with Crippen LogP contribution in [0.4, 0.5) is 0 Å². The molecule has 104 valence electrons. The molecule has 0 saturated heterocycles. The highest BCUT2D eigenvalue weighted by molar-refractivity contribution is 5.89. The van der Waals surface area contributed by atoms with E-state index in [0.717, 1.165) is 12.8 Å². The maximum atomic E-state index is 12.3. The number of carbonyl (C=O) groups is 2. The minimum Gasteiger partial charge on any atom is -0.481 e. The van der Waals surface area contributed by atoms with E-state index in [9.17, 15) is 9.59 Å². The van der Waals surface area contributed by atoms with Crippen molar-refractivity contribution in [2.24, 2.45) is 11.8 Å². The van der Waals surface area contributed by atoms with Crippen molar-refractivity contribution < 1.29 is 19.4 Å². The summed E-state index contributed by atoms with van der Waals surface area (Å²) in [7, 11) is 1.60. The zero-order chi connectivity index (χ0) is 13.7. The van der Waals surface area contributed by atoms with E-state index < -0.39 is 11.9 Å². The van der Waals surface area contributed by atoms with Gasteiger partial charge < -0.3 is 14.7 Å². The van der Waals surface area contributed by atoms with Crippen molar-refractivity contribution in [1.82, 2.24) is 4.90 Å². The number of carboxylic acid groups (broad SMARTS) is 1. The van der Waals surface area contributed by atoms with Gasteiger partial charge in [0.05, 0.1) is 18.4 Å². The van der Waals surface area contributed by atoms with Gasteiger partial charge in [-0.05, 0) is 19.3 Å². The molecule has 0 aromatic heterocycles. The summed E-state index contributed by atoms with van der Waals surface area (Å²) in [6.07, 6.45) is 2.25. The molecule has 0 radical (unpaired) electrons. The summed E-state index contributed by atoms with van der Waals surface area (Å²) in [4.78, 5) is 24.9. The third-order valence-electron chi connectivity index (χ3n) is 3.63. The van der Waals surface area contributed by atoms with Gasteiger partial charge in [0, 0.05) is 19.7 Å². The number of methoxy groups -OCH3 is 1. The molecule has 0 bridgehead atoms. The molecule has 1 amide bonds. The van der Waals surface area contributed by atoms with Crippen LogP contribution in [0.5, 0.6) is 0 Å². The van der Waals surface area contributed by atoms with E-state index in [1.54, 1.807) is 12.0 Å². The monoisotopic (exact) mass is 257 g/mol. The molecular weight excluding hydrogens is 234 g/mol. The van der Waals surface area contributed by atoms with Crippen molar-refractivity contribution in [3.8, 4) is 0 Å². The van der Waals surface area contributed by atoms with Gasteiger partial charge in [-0.3, -0.25) is 9.59 Å². The molecule has 0 aliphatic heterocycles. The van der Waals surface area contributed by atoms with Gasteiger partial charge in [-0.2, -0.15) is 0 Å². The molecule has 1 saturated carbocycles. The van der Waals surface area contributed by atoms with Crippen LogP contribution in [0.2, 0.25) is 0 Å². The molecule has 5 heteroatoms. The van der Waals surface area contributed by atoms with Crippen LogP contribution in [0.15, 0.2) is 0 Å². The summed E-state index contributed by atoms with van der Waals surface area (Å²) >= 11 is 0. The lowest BCUT2D eigenvalue weighted by Gasteiger charge is -2.30. The average Bonchev–Trinajstić information content (AvgIpc) is 3.14. The smallest absolute Gasteiger partial charge is 0.307 e. The van der Waals surface area contributed by atoms with Gasteiger partial charge in [0.25, 0.3) is 0 Å². The van der Waals surface area contributed by atoms with E-state index >= 15 is 0 Å². The van der Waals surface area contributed by atoms with Gasteiger partial charge >= 0.3 is 5.97 Å². The first-order valence-electron chi connectivity index (χ1n) is 6.58. The van der Waals surface area contributed by atoms with Crippen LogP contribution in [0.3, 0.4) is 0 Å². The van der Waals surface area contributed by atoms with Crippen LogP contribution in [-0.4, -0.2) is 48.2 Å².